The molecule has 0 aliphatic rings. The van der Waals surface area contributed by atoms with E-state index in [4.69, 9.17) is 16.2 Å². The first-order chi connectivity index (χ1) is 7.37. The monoisotopic (exact) mass is 246 g/mol. The predicted octanol–water partition coefficient (Wildman–Crippen LogP) is 1.32. The van der Waals surface area contributed by atoms with Gasteiger partial charge in [0, 0.05) is 8.07 Å². The van der Waals surface area contributed by atoms with E-state index in [1.807, 2.05) is 0 Å². The van der Waals surface area contributed by atoms with Crippen molar-refractivity contribution in [3.05, 3.63) is 0 Å². The van der Waals surface area contributed by atoms with E-state index >= 15 is 0 Å². The van der Waals surface area contributed by atoms with E-state index in [2.05, 4.69) is 19.6 Å². The molecule has 4 N–H and O–H groups in total. The van der Waals surface area contributed by atoms with Crippen LogP contribution in [0.1, 0.15) is 19.3 Å². The first-order valence-corrected chi connectivity index (χ1v) is 9.70. The van der Waals surface area contributed by atoms with E-state index in [1.165, 1.54) is 0 Å². The molecule has 1 unspecified atom stereocenters. The minimum atomic E-state index is -1.12. The molecule has 0 amide bonds. The van der Waals surface area contributed by atoms with Gasteiger partial charge < -0.3 is 16.2 Å². The lowest BCUT2D eigenvalue weighted by atomic mass is 10.1. The molecular formula is C11H26N2O2Si. The van der Waals surface area contributed by atoms with Crippen molar-refractivity contribution in [1.82, 2.24) is 0 Å². The van der Waals surface area contributed by atoms with Crippen LogP contribution in [0, 0.1) is 0 Å². The zero-order valence-corrected chi connectivity index (χ0v) is 11.8. The quantitative estimate of drug-likeness (QED) is 0.385. The lowest BCUT2D eigenvalue weighted by molar-refractivity contribution is -0.144. The smallest absolute Gasteiger partial charge is 0.322 e. The van der Waals surface area contributed by atoms with Gasteiger partial charge in [-0.25, -0.2) is 0 Å². The maximum Gasteiger partial charge on any atom is 0.322 e. The number of ether oxygens (including phenoxy) is 1. The normalized spacial score (nSPS) is 13.6. The molecule has 0 saturated heterocycles. The van der Waals surface area contributed by atoms with Crippen molar-refractivity contribution in [3.8, 4) is 0 Å². The molecule has 0 aliphatic heterocycles. The van der Waals surface area contributed by atoms with Crippen LogP contribution in [0.2, 0.25) is 25.7 Å². The number of esters is 1. The Balaban J connectivity index is 3.63. The Hall–Kier alpha value is -0.393. The Morgan fingerprint density at radius 1 is 1.31 bits per heavy atom. The molecule has 0 radical (unpaired) electrons. The van der Waals surface area contributed by atoms with Crippen molar-refractivity contribution in [1.29, 1.82) is 0 Å². The van der Waals surface area contributed by atoms with E-state index in [0.29, 0.717) is 19.6 Å². The fourth-order valence-corrected chi connectivity index (χ4v) is 1.91. The summed E-state index contributed by atoms with van der Waals surface area (Å²) in [5, 5.41) is 0. The number of nitrogens with two attached hydrogens (primary N) is 2. The molecule has 16 heavy (non-hydrogen) atoms. The molecule has 0 heterocycles. The first kappa shape index (κ1) is 15.6. The summed E-state index contributed by atoms with van der Waals surface area (Å²) in [6, 6.07) is 0.516. The van der Waals surface area contributed by atoms with Gasteiger partial charge in [0.15, 0.2) is 0 Å². The fourth-order valence-electron chi connectivity index (χ4n) is 1.19. The molecule has 0 spiro atoms. The fraction of sp³-hybridized carbons (Fsp3) is 0.909. The third-order valence-corrected chi connectivity index (χ3v) is 4.07. The summed E-state index contributed by atoms with van der Waals surface area (Å²) in [7, 11) is -1.12. The Morgan fingerprint density at radius 3 is 2.44 bits per heavy atom. The molecule has 0 aromatic rings. The van der Waals surface area contributed by atoms with Gasteiger partial charge in [0.1, 0.15) is 6.04 Å². The summed E-state index contributed by atoms with van der Waals surface area (Å²) < 4.78 is 5.15. The Morgan fingerprint density at radius 2 is 1.94 bits per heavy atom. The number of carbonyl (C=O) groups excluding carboxylic acids is 1. The lowest BCUT2D eigenvalue weighted by Crippen LogP contribution is -2.33. The van der Waals surface area contributed by atoms with Crippen molar-refractivity contribution >= 4 is 14.0 Å². The van der Waals surface area contributed by atoms with Gasteiger partial charge >= 0.3 is 5.97 Å². The van der Waals surface area contributed by atoms with Gasteiger partial charge in [-0.1, -0.05) is 26.1 Å². The first-order valence-electron chi connectivity index (χ1n) is 5.99. The van der Waals surface area contributed by atoms with Crippen LogP contribution in [-0.4, -0.2) is 33.2 Å². The predicted molar refractivity (Wildman–Crippen MR) is 70.0 cm³/mol. The summed E-state index contributed by atoms with van der Waals surface area (Å²) >= 11 is 0. The highest BCUT2D eigenvalue weighted by Crippen LogP contribution is 2.08. The molecule has 0 aromatic heterocycles. The SMILES string of the molecule is C[Si](C)(C)CCOC(=O)C(N)CCCCN. The summed E-state index contributed by atoms with van der Waals surface area (Å²) in [4.78, 5) is 11.5. The molecule has 0 rings (SSSR count). The van der Waals surface area contributed by atoms with E-state index in [1.54, 1.807) is 0 Å². The van der Waals surface area contributed by atoms with Gasteiger partial charge in [0.25, 0.3) is 0 Å². The zero-order valence-electron chi connectivity index (χ0n) is 10.8. The average Bonchev–Trinajstić information content (AvgIpc) is 2.15. The van der Waals surface area contributed by atoms with E-state index in [9.17, 15) is 4.79 Å². The van der Waals surface area contributed by atoms with Crippen molar-refractivity contribution in [2.24, 2.45) is 11.5 Å². The van der Waals surface area contributed by atoms with Gasteiger partial charge in [-0.05, 0) is 25.4 Å². The topological polar surface area (TPSA) is 78.3 Å². The van der Waals surface area contributed by atoms with E-state index < -0.39 is 14.1 Å². The lowest BCUT2D eigenvalue weighted by Gasteiger charge is -2.16. The second-order valence-corrected chi connectivity index (χ2v) is 11.0. The zero-order chi connectivity index (χ0) is 12.6. The minimum absolute atomic E-state index is 0.268. The highest BCUT2D eigenvalue weighted by molar-refractivity contribution is 6.76. The number of rotatable bonds is 8. The number of hydrogen-bond donors (Lipinski definition) is 2. The Labute approximate surface area is 99.7 Å². The maximum absolute atomic E-state index is 11.5. The van der Waals surface area contributed by atoms with Gasteiger partial charge in [0.05, 0.1) is 6.61 Å². The third kappa shape index (κ3) is 8.88. The Bertz CT molecular complexity index is 205. The molecule has 0 saturated carbocycles. The van der Waals surface area contributed by atoms with Crippen molar-refractivity contribution < 1.29 is 9.53 Å². The van der Waals surface area contributed by atoms with Gasteiger partial charge in [-0.3, -0.25) is 4.79 Å². The van der Waals surface area contributed by atoms with Gasteiger partial charge in [0.2, 0.25) is 0 Å². The standard InChI is InChI=1S/C11H26N2O2Si/c1-16(2,3)9-8-15-11(14)10(13)6-4-5-7-12/h10H,4-9,12-13H2,1-3H3. The van der Waals surface area contributed by atoms with Crippen LogP contribution in [0.4, 0.5) is 0 Å². The number of hydrogen-bond acceptors (Lipinski definition) is 4. The summed E-state index contributed by atoms with van der Waals surface area (Å²) in [5.74, 6) is -0.268. The molecule has 0 fully saturated rings. The highest BCUT2D eigenvalue weighted by atomic mass is 28.3. The van der Waals surface area contributed by atoms with Crippen LogP contribution in [0.25, 0.3) is 0 Å². The molecule has 5 heteroatoms. The van der Waals surface area contributed by atoms with Crippen LogP contribution in [0.15, 0.2) is 0 Å². The highest BCUT2D eigenvalue weighted by Gasteiger charge is 2.17. The van der Waals surface area contributed by atoms with Gasteiger partial charge in [-0.15, -0.1) is 0 Å². The van der Waals surface area contributed by atoms with Crippen LogP contribution < -0.4 is 11.5 Å². The molecular weight excluding hydrogens is 220 g/mol. The van der Waals surface area contributed by atoms with Crippen LogP contribution in [0.3, 0.4) is 0 Å². The van der Waals surface area contributed by atoms with Gasteiger partial charge in [-0.2, -0.15) is 0 Å². The second kappa shape index (κ2) is 7.81. The summed E-state index contributed by atoms with van der Waals surface area (Å²) in [6.07, 6.45) is 2.47. The third-order valence-electron chi connectivity index (χ3n) is 2.37. The molecule has 4 nitrogen and oxygen atoms in total. The van der Waals surface area contributed by atoms with Crippen molar-refractivity contribution in [2.45, 2.75) is 51.0 Å². The maximum atomic E-state index is 11.5. The largest absolute Gasteiger partial charge is 0.465 e. The van der Waals surface area contributed by atoms with Crippen molar-refractivity contribution in [2.75, 3.05) is 13.2 Å². The number of carbonyl (C=O) groups is 1. The molecule has 0 aliphatic carbocycles. The molecule has 96 valence electrons. The molecule has 0 bridgehead atoms. The number of unbranched alkanes of at least 4 members (excludes halogenated alkanes) is 1. The summed E-state index contributed by atoms with van der Waals surface area (Å²) in [5.41, 5.74) is 11.1. The van der Waals surface area contributed by atoms with E-state index in [0.717, 1.165) is 18.9 Å². The van der Waals surface area contributed by atoms with Crippen LogP contribution in [0.5, 0.6) is 0 Å². The van der Waals surface area contributed by atoms with Crippen LogP contribution in [-0.2, 0) is 9.53 Å². The second-order valence-electron chi connectivity index (χ2n) is 5.37. The molecule has 1 atom stereocenters. The van der Waals surface area contributed by atoms with E-state index in [-0.39, 0.29) is 5.97 Å². The molecule has 0 aromatic carbocycles. The van der Waals surface area contributed by atoms with Crippen LogP contribution >= 0.6 is 0 Å². The average molecular weight is 246 g/mol. The minimum Gasteiger partial charge on any atom is -0.465 e. The van der Waals surface area contributed by atoms with Crippen molar-refractivity contribution in [3.63, 3.8) is 0 Å². The summed E-state index contributed by atoms with van der Waals surface area (Å²) in [6.45, 7) is 7.92. The Kier molecular flexibility index (Phi) is 7.62.